The van der Waals surface area contributed by atoms with Crippen LogP contribution in [0.2, 0.25) is 0 Å². The van der Waals surface area contributed by atoms with Crippen LogP contribution in [0.5, 0.6) is 0 Å². The van der Waals surface area contributed by atoms with Gasteiger partial charge in [0.25, 0.3) is 0 Å². The zero-order valence-corrected chi connectivity index (χ0v) is 18.6. The van der Waals surface area contributed by atoms with Crippen molar-refractivity contribution in [2.75, 3.05) is 17.2 Å². The largest absolute Gasteiger partial charge is 0.462 e. The second-order valence-electron chi connectivity index (χ2n) is 7.11. The van der Waals surface area contributed by atoms with Gasteiger partial charge >= 0.3 is 5.97 Å². The third-order valence-corrected chi connectivity index (χ3v) is 6.31. The van der Waals surface area contributed by atoms with Crippen LogP contribution in [0.4, 0.5) is 15.3 Å². The van der Waals surface area contributed by atoms with Gasteiger partial charge < -0.3 is 10.1 Å². The molecule has 2 N–H and O–H groups in total. The lowest BCUT2D eigenvalue weighted by atomic mass is 9.95. The molecular weight excluding hydrogens is 437 g/mol. The van der Waals surface area contributed by atoms with Gasteiger partial charge in [-0.2, -0.15) is 0 Å². The summed E-state index contributed by atoms with van der Waals surface area (Å²) in [5.74, 6) is -0.272. The number of nitrogens with one attached hydrogen (secondary N) is 2. The number of hydrogen-bond donors (Lipinski definition) is 2. The number of ether oxygens (including phenoxy) is 1. The number of fused-ring (bicyclic) bond motifs is 1. The summed E-state index contributed by atoms with van der Waals surface area (Å²) in [6.07, 6.45) is 5.59. The molecule has 0 spiro atoms. The van der Waals surface area contributed by atoms with Gasteiger partial charge in [0.05, 0.1) is 18.7 Å². The molecule has 162 valence electrons. The lowest BCUT2D eigenvalue weighted by molar-refractivity contribution is 0.0526. The number of nitrogens with zero attached hydrogens (tertiary/aromatic N) is 3. The van der Waals surface area contributed by atoms with E-state index in [0.29, 0.717) is 34.8 Å². The second-order valence-corrected chi connectivity index (χ2v) is 8.62. The summed E-state index contributed by atoms with van der Waals surface area (Å²) in [5, 5.41) is 11.4. The van der Waals surface area contributed by atoms with E-state index < -0.39 is 0 Å². The number of rotatable bonds is 6. The fourth-order valence-electron chi connectivity index (χ4n) is 3.51. The monoisotopic (exact) mass is 459 g/mol. The van der Waals surface area contributed by atoms with Gasteiger partial charge in [0.1, 0.15) is 17.1 Å². The number of benzene rings is 1. The smallest absolute Gasteiger partial charge is 0.341 e. The van der Waals surface area contributed by atoms with Gasteiger partial charge in [-0.15, -0.1) is 16.4 Å². The average molecular weight is 460 g/mol. The van der Waals surface area contributed by atoms with E-state index in [1.165, 1.54) is 17.0 Å². The Labute approximate surface area is 188 Å². The highest BCUT2D eigenvalue weighted by Crippen LogP contribution is 2.38. The fraction of sp³-hybridized carbons (Fsp3) is 0.333. The lowest BCUT2D eigenvalue weighted by Gasteiger charge is -2.12. The van der Waals surface area contributed by atoms with Gasteiger partial charge in [0, 0.05) is 4.88 Å². The zero-order valence-electron chi connectivity index (χ0n) is 17.0. The Kier molecular flexibility index (Phi) is 6.57. The van der Waals surface area contributed by atoms with Crippen molar-refractivity contribution in [1.82, 2.24) is 14.8 Å². The van der Waals surface area contributed by atoms with Crippen molar-refractivity contribution >= 4 is 45.6 Å². The van der Waals surface area contributed by atoms with Gasteiger partial charge in [0.2, 0.25) is 5.95 Å². The number of esters is 1. The summed E-state index contributed by atoms with van der Waals surface area (Å²) in [6.45, 7) is 2.57. The molecule has 2 aromatic heterocycles. The maximum absolute atomic E-state index is 13.1. The molecular formula is C21H22FN5O2S2. The Hall–Kier alpha value is -2.85. The lowest BCUT2D eigenvalue weighted by Crippen LogP contribution is -2.21. The topological polar surface area (TPSA) is 81.1 Å². The van der Waals surface area contributed by atoms with Gasteiger partial charge in [-0.1, -0.05) is 12.1 Å². The summed E-state index contributed by atoms with van der Waals surface area (Å²) in [4.78, 5) is 18.0. The standard InChI is InChI=1S/C21H22FN5O2S2/c1-2-29-19(28)17-15-5-3-4-6-16(15)31-18(17)24-21(30)25-20-23-12-27(26-20)11-13-7-9-14(22)10-8-13/h7-10,12H,2-6,11H2,1H3,(H2,24,25,26,30). The molecule has 0 bridgehead atoms. The highest BCUT2D eigenvalue weighted by molar-refractivity contribution is 7.80. The predicted octanol–water partition coefficient (Wildman–Crippen LogP) is 4.39. The van der Waals surface area contributed by atoms with E-state index in [4.69, 9.17) is 17.0 Å². The molecule has 2 heterocycles. The molecule has 0 radical (unpaired) electrons. The number of carbonyl (C=O) groups is 1. The van der Waals surface area contributed by atoms with Gasteiger partial charge in [-0.05, 0) is 68.1 Å². The molecule has 0 unspecified atom stereocenters. The van der Waals surface area contributed by atoms with Crippen LogP contribution in [0, 0.1) is 5.82 Å². The summed E-state index contributed by atoms with van der Waals surface area (Å²) in [5.41, 5.74) is 2.56. The van der Waals surface area contributed by atoms with E-state index in [0.717, 1.165) is 36.8 Å². The number of anilines is 2. The fourth-order valence-corrected chi connectivity index (χ4v) is 5.05. The molecule has 31 heavy (non-hydrogen) atoms. The van der Waals surface area contributed by atoms with Crippen LogP contribution in [-0.4, -0.2) is 32.5 Å². The van der Waals surface area contributed by atoms with E-state index in [9.17, 15) is 9.18 Å². The molecule has 3 aromatic rings. The molecule has 1 aliphatic carbocycles. The Balaban J connectivity index is 1.44. The maximum atomic E-state index is 13.1. The van der Waals surface area contributed by atoms with Crippen LogP contribution in [0.15, 0.2) is 30.6 Å². The zero-order chi connectivity index (χ0) is 21.8. The van der Waals surface area contributed by atoms with Crippen LogP contribution >= 0.6 is 23.6 Å². The van der Waals surface area contributed by atoms with E-state index in [1.807, 2.05) is 0 Å². The van der Waals surface area contributed by atoms with Crippen molar-refractivity contribution in [3.05, 3.63) is 58.0 Å². The minimum absolute atomic E-state index is 0.279. The van der Waals surface area contributed by atoms with E-state index in [2.05, 4.69) is 20.7 Å². The van der Waals surface area contributed by atoms with Crippen molar-refractivity contribution in [2.24, 2.45) is 0 Å². The quantitative estimate of drug-likeness (QED) is 0.418. The highest BCUT2D eigenvalue weighted by Gasteiger charge is 2.26. The van der Waals surface area contributed by atoms with Crippen molar-refractivity contribution in [1.29, 1.82) is 0 Å². The summed E-state index contributed by atoms with van der Waals surface area (Å²) < 4.78 is 20.0. The van der Waals surface area contributed by atoms with Crippen molar-refractivity contribution < 1.29 is 13.9 Å². The number of hydrogen-bond acceptors (Lipinski definition) is 6. The van der Waals surface area contributed by atoms with Gasteiger partial charge in [0.15, 0.2) is 5.11 Å². The predicted molar refractivity (Wildman–Crippen MR) is 122 cm³/mol. The highest BCUT2D eigenvalue weighted by atomic mass is 32.1. The molecule has 10 heteroatoms. The van der Waals surface area contributed by atoms with Crippen molar-refractivity contribution in [3.63, 3.8) is 0 Å². The van der Waals surface area contributed by atoms with Crippen LogP contribution in [0.25, 0.3) is 0 Å². The van der Waals surface area contributed by atoms with E-state index >= 15 is 0 Å². The van der Waals surface area contributed by atoms with Gasteiger partial charge in [-0.3, -0.25) is 5.32 Å². The first kappa shape index (κ1) is 21.4. The first-order valence-corrected chi connectivity index (χ1v) is 11.3. The Morgan fingerprint density at radius 2 is 2.03 bits per heavy atom. The van der Waals surface area contributed by atoms with E-state index in [-0.39, 0.29) is 11.8 Å². The number of thiophene rings is 1. The molecule has 1 aliphatic rings. The maximum Gasteiger partial charge on any atom is 0.341 e. The normalized spacial score (nSPS) is 12.8. The molecule has 0 amide bonds. The number of carbonyl (C=O) groups excluding carboxylic acids is 1. The minimum Gasteiger partial charge on any atom is -0.462 e. The number of halogens is 1. The first-order chi connectivity index (χ1) is 15.0. The SMILES string of the molecule is CCOC(=O)c1c(NC(=S)Nc2ncn(Cc3ccc(F)cc3)n2)sc2c1CCCC2. The summed E-state index contributed by atoms with van der Waals surface area (Å²) in [6, 6.07) is 6.22. The molecule has 0 saturated carbocycles. The average Bonchev–Trinajstić information content (AvgIpc) is 3.33. The summed E-state index contributed by atoms with van der Waals surface area (Å²) >= 11 is 6.97. The number of aromatic nitrogens is 3. The third-order valence-electron chi connectivity index (χ3n) is 4.90. The van der Waals surface area contributed by atoms with Crippen LogP contribution in [0.1, 0.15) is 46.1 Å². The third kappa shape index (κ3) is 5.08. The molecule has 4 rings (SSSR count). The molecule has 0 aliphatic heterocycles. The minimum atomic E-state index is -0.325. The van der Waals surface area contributed by atoms with Gasteiger partial charge in [-0.25, -0.2) is 18.9 Å². The molecule has 0 saturated heterocycles. The van der Waals surface area contributed by atoms with Crippen LogP contribution in [0.3, 0.4) is 0 Å². The Morgan fingerprint density at radius 1 is 1.26 bits per heavy atom. The second kappa shape index (κ2) is 9.52. The number of aryl methyl sites for hydroxylation is 1. The van der Waals surface area contributed by atoms with E-state index in [1.54, 1.807) is 41.4 Å². The van der Waals surface area contributed by atoms with Crippen molar-refractivity contribution in [2.45, 2.75) is 39.2 Å². The molecule has 0 atom stereocenters. The molecule has 7 nitrogen and oxygen atoms in total. The molecule has 1 aromatic carbocycles. The van der Waals surface area contributed by atoms with Crippen LogP contribution < -0.4 is 10.6 Å². The Bertz CT molecular complexity index is 1090. The first-order valence-electron chi connectivity index (χ1n) is 10.1. The number of thiocarbonyl (C=S) groups is 1. The summed E-state index contributed by atoms with van der Waals surface area (Å²) in [7, 11) is 0. The van der Waals surface area contributed by atoms with Crippen LogP contribution in [-0.2, 0) is 24.1 Å². The van der Waals surface area contributed by atoms with Crippen molar-refractivity contribution in [3.8, 4) is 0 Å². The Morgan fingerprint density at radius 3 is 2.81 bits per heavy atom. The molecule has 0 fully saturated rings.